The number of benzene rings is 4. The molecule has 3 aliphatic rings. The number of amides is 7. The Kier molecular flexibility index (Phi) is 25.1. The number of nitrogens with one attached hydrogen (secondary N) is 6. The topological polar surface area (TPSA) is 439 Å². The number of aromatic nitrogens is 2. The van der Waals surface area contributed by atoms with Crippen LogP contribution in [0.2, 0.25) is 0 Å². The number of fused-ring (bicyclic) bond motifs is 2. The van der Waals surface area contributed by atoms with Crippen LogP contribution in [0.3, 0.4) is 0 Å². The molecule has 0 saturated carbocycles. The van der Waals surface area contributed by atoms with Crippen molar-refractivity contribution in [2.75, 3.05) is 72.8 Å². The molecule has 3 saturated heterocycles. The number of phenolic OH excluding ortho intramolecular Hbond substituents is 1. The fourth-order valence-corrected chi connectivity index (χ4v) is 12.0. The van der Waals surface area contributed by atoms with Crippen molar-refractivity contribution in [2.24, 2.45) is 11.7 Å². The largest absolute Gasteiger partial charge is 0.504 e. The number of carbonyl (C=O) groups excluding carboxylic acids is 7. The number of aliphatic hydroxyl groups is 7. The van der Waals surface area contributed by atoms with Gasteiger partial charge in [-0.25, -0.2) is 0 Å². The van der Waals surface area contributed by atoms with Crippen LogP contribution in [0.25, 0.3) is 32.3 Å². The molecule has 3 aliphatic heterocycles. The molecule has 4 heterocycles. The first-order chi connectivity index (χ1) is 44.6. The van der Waals surface area contributed by atoms with Gasteiger partial charge in [-0.05, 0) is 73.0 Å². The van der Waals surface area contributed by atoms with E-state index >= 15 is 0 Å². The second kappa shape index (κ2) is 33.0. The van der Waals surface area contributed by atoms with Gasteiger partial charge >= 0.3 is 0 Å². The van der Waals surface area contributed by atoms with Crippen molar-refractivity contribution in [1.82, 2.24) is 51.9 Å². The van der Waals surface area contributed by atoms with E-state index in [4.69, 9.17) is 25.1 Å². The van der Waals surface area contributed by atoms with E-state index in [1.165, 1.54) is 48.6 Å². The van der Waals surface area contributed by atoms with E-state index < -0.39 is 152 Å². The van der Waals surface area contributed by atoms with Gasteiger partial charge in [0.2, 0.25) is 35.4 Å². The van der Waals surface area contributed by atoms with Crippen molar-refractivity contribution >= 4 is 52.7 Å². The van der Waals surface area contributed by atoms with Crippen molar-refractivity contribution in [3.8, 4) is 49.5 Å². The maximum atomic E-state index is 14.8. The summed E-state index contributed by atoms with van der Waals surface area (Å²) in [7, 11) is 1.61. The number of aromatic hydroxyl groups is 1. The van der Waals surface area contributed by atoms with Crippen molar-refractivity contribution in [1.29, 1.82) is 0 Å². The van der Waals surface area contributed by atoms with Gasteiger partial charge in [0.15, 0.2) is 11.5 Å². The number of hydrogen-bond acceptors (Lipinski definition) is 23. The van der Waals surface area contributed by atoms with Crippen LogP contribution in [-0.4, -0.2) is 248 Å². The molecule has 13 atom stereocenters. The van der Waals surface area contributed by atoms with Crippen LogP contribution in [0, 0.1) is 5.92 Å². The quantitative estimate of drug-likeness (QED) is 0.0319. The molecule has 30 heteroatoms. The summed E-state index contributed by atoms with van der Waals surface area (Å²) in [6.45, 7) is 2.29. The highest BCUT2D eigenvalue weighted by Crippen LogP contribution is 2.33. The van der Waals surface area contributed by atoms with Crippen LogP contribution in [-0.2, 0) is 39.9 Å². The molecule has 7 amide bonds. The molecule has 0 bridgehead atoms. The molecular formula is C63H81N11O18S. The number of carbonyl (C=O) groups is 7. The van der Waals surface area contributed by atoms with Gasteiger partial charge in [-0.3, -0.25) is 33.6 Å². The minimum Gasteiger partial charge on any atom is -0.504 e. The van der Waals surface area contributed by atoms with Gasteiger partial charge < -0.3 is 102 Å². The number of β-amino-alcohol motifs (C(OH)–C–C–N with tert-alkyl or cyclic N) is 1. The molecule has 3 fully saturated rings. The number of hydrogen-bond donors (Lipinski definition) is 15. The summed E-state index contributed by atoms with van der Waals surface area (Å²) < 4.78 is 16.4. The number of rotatable bonds is 22. The molecule has 5 aromatic rings. The van der Waals surface area contributed by atoms with E-state index in [9.17, 15) is 69.3 Å². The summed E-state index contributed by atoms with van der Waals surface area (Å²) >= 11 is 1.30. The summed E-state index contributed by atoms with van der Waals surface area (Å²) in [5.41, 5.74) is 9.43. The molecule has 4 aromatic carbocycles. The third-order valence-corrected chi connectivity index (χ3v) is 17.2. The van der Waals surface area contributed by atoms with Gasteiger partial charge in [-0.1, -0.05) is 72.9 Å². The van der Waals surface area contributed by atoms with E-state index in [0.29, 0.717) is 28.8 Å². The fraction of sp³-hybridized carbons (Fsp3) is 0.476. The van der Waals surface area contributed by atoms with Crippen molar-refractivity contribution in [2.45, 2.75) is 112 Å². The summed E-state index contributed by atoms with van der Waals surface area (Å²) in [5.74, 6) is -8.03. The Morgan fingerprint density at radius 1 is 0.710 bits per heavy atom. The number of aliphatic hydroxyl groups excluding tert-OH is 7. The highest BCUT2D eigenvalue weighted by Gasteiger charge is 2.50. The predicted octanol–water partition coefficient (Wildman–Crippen LogP) is -2.47. The first kappa shape index (κ1) is 70.6. The normalized spacial score (nSPS) is 24.5. The molecule has 93 heavy (non-hydrogen) atoms. The van der Waals surface area contributed by atoms with E-state index in [-0.39, 0.29) is 68.4 Å². The standard InChI is InChI=1S/C63H81N11O18S/c1-33-31-74-53(54(33)82)59(87)66-30-41(77)28-44(67-55(83)38-7-11-40(12-8-38)61-72-71-60(93-61)39-9-5-36(6-10-39)37-13-15-43(16-14-37)91-25-24-90-3)56(84)68-50(34(2)76)62(88)73-32-42(78)29-45(73)57(85)69-51(58(86)70-52(63(74)89)47(80)18-19-64)48(81)26-35-4-17-46(79)49(27-35)92-23-21-65-20-22-75/h4-17,27,33-34,41-42,44-45,47-48,50-54,65,75-82H,18-26,28-32,64H2,1-3H3,(H,66,87)(H,67,83)(H,68,84)(H,69,85)(H,70,86)/t33-,34+,41+,42+,44-,45-,47+,48+,50-,51-,52-,53-,54-/m0/s1. The number of methoxy groups -OCH3 is 1. The highest BCUT2D eigenvalue weighted by molar-refractivity contribution is 7.17. The summed E-state index contributed by atoms with van der Waals surface area (Å²) in [6.07, 6.45) is -12.0. The molecule has 16 N–H and O–H groups in total. The Balaban J connectivity index is 1.05. The van der Waals surface area contributed by atoms with E-state index in [0.717, 1.165) is 39.2 Å². The zero-order chi connectivity index (χ0) is 67.0. The lowest BCUT2D eigenvalue weighted by Crippen LogP contribution is -2.64. The van der Waals surface area contributed by atoms with E-state index in [1.54, 1.807) is 19.2 Å². The number of nitrogens with two attached hydrogens (primary N) is 1. The molecule has 0 aliphatic carbocycles. The first-order valence-electron chi connectivity index (χ1n) is 30.5. The molecule has 0 spiro atoms. The lowest BCUT2D eigenvalue weighted by atomic mass is 9.98. The van der Waals surface area contributed by atoms with Gasteiger partial charge in [-0.15, -0.1) is 10.2 Å². The predicted molar refractivity (Wildman–Crippen MR) is 336 cm³/mol. The Hall–Kier alpha value is -8.27. The van der Waals surface area contributed by atoms with Crippen molar-refractivity contribution < 1.29 is 88.6 Å². The van der Waals surface area contributed by atoms with Gasteiger partial charge in [0.25, 0.3) is 5.91 Å². The third-order valence-electron chi connectivity index (χ3n) is 16.2. The summed E-state index contributed by atoms with van der Waals surface area (Å²) in [4.78, 5) is 103. The monoisotopic (exact) mass is 1310 g/mol. The van der Waals surface area contributed by atoms with Crippen molar-refractivity contribution in [3.63, 3.8) is 0 Å². The Bertz CT molecular complexity index is 3360. The molecule has 0 radical (unpaired) electrons. The maximum Gasteiger partial charge on any atom is 0.251 e. The number of ether oxygens (including phenoxy) is 3. The van der Waals surface area contributed by atoms with Gasteiger partial charge in [0.1, 0.15) is 65.2 Å². The minimum absolute atomic E-state index is 0.0240. The van der Waals surface area contributed by atoms with Gasteiger partial charge in [0, 0.05) is 81.7 Å². The average molecular weight is 1310 g/mol. The van der Waals surface area contributed by atoms with Crippen LogP contribution in [0.5, 0.6) is 17.2 Å². The second-order valence-electron chi connectivity index (χ2n) is 23.1. The highest BCUT2D eigenvalue weighted by atomic mass is 32.1. The van der Waals surface area contributed by atoms with Crippen LogP contribution in [0.15, 0.2) is 91.0 Å². The lowest BCUT2D eigenvalue weighted by molar-refractivity contribution is -0.147. The molecular weight excluding hydrogens is 1230 g/mol. The van der Waals surface area contributed by atoms with Crippen LogP contribution < -0.4 is 47.1 Å². The summed E-state index contributed by atoms with van der Waals surface area (Å²) in [5, 5.41) is 114. The van der Waals surface area contributed by atoms with Crippen LogP contribution >= 0.6 is 11.3 Å². The SMILES string of the molecule is COCCOc1ccc(-c2ccc(-c3nnc(-c4ccc(C(=O)N[C@H]5C[C@@H](O)CNC(=O)[C@@H]6[C@@H](O)[C@@H](C)CN6C(=O)[C@H]([C@H](O)CCN)NC(=O)[C@H]([C@H](O)Cc6ccc(O)c(OCCNCCO)c6)NC(=O)[C@@H]6C[C@@H](O)CN6C(=O)[C@H]([C@@H](C)O)NC5=O)cc4)s3)cc2)cc1. The Labute approximate surface area is 539 Å². The summed E-state index contributed by atoms with van der Waals surface area (Å²) in [6, 6.07) is 14.5. The van der Waals surface area contributed by atoms with E-state index in [2.05, 4.69) is 42.1 Å². The second-order valence-corrected chi connectivity index (χ2v) is 24.1. The molecule has 502 valence electrons. The smallest absolute Gasteiger partial charge is 0.251 e. The third kappa shape index (κ3) is 18.1. The van der Waals surface area contributed by atoms with E-state index in [1.807, 2.05) is 48.5 Å². The van der Waals surface area contributed by atoms with Crippen LogP contribution in [0.1, 0.15) is 49.0 Å². The number of phenols is 1. The van der Waals surface area contributed by atoms with Gasteiger partial charge in [-0.2, -0.15) is 0 Å². The number of nitrogens with zero attached hydrogens (tertiary/aromatic N) is 4. The zero-order valence-electron chi connectivity index (χ0n) is 51.5. The minimum atomic E-state index is -2.06. The molecule has 1 aromatic heterocycles. The lowest BCUT2D eigenvalue weighted by Gasteiger charge is -2.34. The molecule has 29 nitrogen and oxygen atoms in total. The van der Waals surface area contributed by atoms with Gasteiger partial charge in [0.05, 0.1) is 49.8 Å². The zero-order valence-corrected chi connectivity index (χ0v) is 52.3. The Morgan fingerprint density at radius 2 is 1.33 bits per heavy atom. The molecule has 8 rings (SSSR count). The fourth-order valence-electron chi connectivity index (χ4n) is 11.1. The van der Waals surface area contributed by atoms with Crippen LogP contribution in [0.4, 0.5) is 0 Å². The maximum absolute atomic E-state index is 14.8. The Morgan fingerprint density at radius 3 is 1.98 bits per heavy atom. The molecule has 0 unspecified atom stereocenters. The average Bonchev–Trinajstić information content (AvgIpc) is 1.82. The first-order valence-corrected chi connectivity index (χ1v) is 31.3. The van der Waals surface area contributed by atoms with Crippen molar-refractivity contribution in [3.05, 3.63) is 102 Å².